The minimum absolute atomic E-state index is 0.135. The van der Waals surface area contributed by atoms with Crippen LogP contribution in [-0.4, -0.2) is 25.2 Å². The molecule has 0 heterocycles. The Kier molecular flexibility index (Phi) is 7.29. The number of carbonyl (C=O) groups excluding carboxylic acids is 1. The van der Waals surface area contributed by atoms with E-state index in [4.69, 9.17) is 4.74 Å². The quantitative estimate of drug-likeness (QED) is 0.750. The monoisotopic (exact) mass is 299 g/mol. The van der Waals surface area contributed by atoms with Gasteiger partial charge in [-0.1, -0.05) is 13.8 Å². The largest absolute Gasteiger partial charge is 0.466 e. The Morgan fingerprint density at radius 1 is 1.33 bits per heavy atom. The molecule has 0 amide bonds. The van der Waals surface area contributed by atoms with E-state index in [1.165, 1.54) is 6.07 Å². The second-order valence-electron chi connectivity index (χ2n) is 5.45. The van der Waals surface area contributed by atoms with Crippen LogP contribution in [0.2, 0.25) is 0 Å². The van der Waals surface area contributed by atoms with Crippen LogP contribution in [0.5, 0.6) is 0 Å². The van der Waals surface area contributed by atoms with Gasteiger partial charge in [0.2, 0.25) is 0 Å². The van der Waals surface area contributed by atoms with Crippen molar-refractivity contribution >= 4 is 5.97 Å². The van der Waals surface area contributed by atoms with Gasteiger partial charge in [0.25, 0.3) is 0 Å². The number of esters is 1. The lowest BCUT2D eigenvalue weighted by molar-refractivity contribution is -0.143. The van der Waals surface area contributed by atoms with Gasteiger partial charge < -0.3 is 10.1 Å². The molecule has 0 saturated carbocycles. The number of rotatable bonds is 8. The predicted molar refractivity (Wildman–Crippen MR) is 77.9 cm³/mol. The van der Waals surface area contributed by atoms with Crippen LogP contribution >= 0.6 is 0 Å². The molecular formula is C16H23F2NO2. The maximum Gasteiger partial charge on any atom is 0.307 e. The highest BCUT2D eigenvalue weighted by Crippen LogP contribution is 2.14. The summed E-state index contributed by atoms with van der Waals surface area (Å²) < 4.78 is 31.8. The molecule has 1 N–H and O–H groups in total. The lowest BCUT2D eigenvalue weighted by Gasteiger charge is -2.19. The first-order valence-electron chi connectivity index (χ1n) is 7.25. The van der Waals surface area contributed by atoms with E-state index in [0.717, 1.165) is 12.1 Å². The van der Waals surface area contributed by atoms with Gasteiger partial charge in [-0.3, -0.25) is 4.79 Å². The molecule has 0 fully saturated rings. The van der Waals surface area contributed by atoms with E-state index in [0.29, 0.717) is 19.1 Å². The van der Waals surface area contributed by atoms with Gasteiger partial charge in [-0.25, -0.2) is 8.78 Å². The normalized spacial score (nSPS) is 12.5. The molecule has 0 bridgehead atoms. The van der Waals surface area contributed by atoms with Crippen LogP contribution < -0.4 is 5.32 Å². The Labute approximate surface area is 124 Å². The van der Waals surface area contributed by atoms with Crippen molar-refractivity contribution < 1.29 is 18.3 Å². The van der Waals surface area contributed by atoms with Crippen LogP contribution in [0.3, 0.4) is 0 Å². The molecule has 0 aliphatic heterocycles. The Balaban J connectivity index is 2.75. The van der Waals surface area contributed by atoms with Crippen molar-refractivity contribution in [3.05, 3.63) is 35.4 Å². The van der Waals surface area contributed by atoms with E-state index in [1.54, 1.807) is 6.92 Å². The second-order valence-corrected chi connectivity index (χ2v) is 5.45. The zero-order chi connectivity index (χ0) is 15.8. The van der Waals surface area contributed by atoms with Gasteiger partial charge in [0.15, 0.2) is 0 Å². The Morgan fingerprint density at radius 2 is 2.05 bits per heavy atom. The zero-order valence-electron chi connectivity index (χ0n) is 12.8. The number of halogens is 2. The van der Waals surface area contributed by atoms with Crippen LogP contribution in [-0.2, 0) is 16.0 Å². The molecule has 0 spiro atoms. The third-order valence-electron chi connectivity index (χ3n) is 3.01. The fourth-order valence-electron chi connectivity index (χ4n) is 2.01. The first-order chi connectivity index (χ1) is 9.92. The van der Waals surface area contributed by atoms with Crippen LogP contribution in [0.15, 0.2) is 18.2 Å². The summed E-state index contributed by atoms with van der Waals surface area (Å²) >= 11 is 0. The number of carbonyl (C=O) groups is 1. The van der Waals surface area contributed by atoms with Crippen molar-refractivity contribution in [1.82, 2.24) is 5.32 Å². The second kappa shape index (κ2) is 8.72. The van der Waals surface area contributed by atoms with E-state index >= 15 is 0 Å². The van der Waals surface area contributed by atoms with Gasteiger partial charge in [0.1, 0.15) is 11.6 Å². The molecule has 1 aromatic rings. The van der Waals surface area contributed by atoms with E-state index < -0.39 is 11.6 Å². The fourth-order valence-corrected chi connectivity index (χ4v) is 2.01. The summed E-state index contributed by atoms with van der Waals surface area (Å²) in [5.41, 5.74) is 0.264. The number of ether oxygens (including phenoxy) is 1. The first-order valence-corrected chi connectivity index (χ1v) is 7.25. The standard InChI is InChI=1S/C16H23F2NO2/c1-4-21-16(20)9-14(19-10-11(2)3)8-12-7-13(17)5-6-15(12)18/h5-7,11,14,19H,4,8-10H2,1-3H3. The Morgan fingerprint density at radius 3 is 2.67 bits per heavy atom. The molecule has 118 valence electrons. The molecule has 0 aliphatic carbocycles. The van der Waals surface area contributed by atoms with Crippen LogP contribution in [0.1, 0.15) is 32.8 Å². The van der Waals surface area contributed by atoms with E-state index in [1.807, 2.05) is 13.8 Å². The molecule has 0 aliphatic rings. The summed E-state index contributed by atoms with van der Waals surface area (Å²) in [7, 11) is 0. The lowest BCUT2D eigenvalue weighted by atomic mass is 10.0. The summed E-state index contributed by atoms with van der Waals surface area (Å²) in [6.45, 7) is 6.82. The van der Waals surface area contributed by atoms with E-state index in [9.17, 15) is 13.6 Å². The van der Waals surface area contributed by atoms with E-state index in [-0.39, 0.29) is 30.4 Å². The van der Waals surface area contributed by atoms with Gasteiger partial charge in [0.05, 0.1) is 13.0 Å². The van der Waals surface area contributed by atoms with E-state index in [2.05, 4.69) is 5.32 Å². The van der Waals surface area contributed by atoms with Gasteiger partial charge >= 0.3 is 5.97 Å². The van der Waals surface area contributed by atoms with Crippen LogP contribution in [0.25, 0.3) is 0 Å². The molecule has 0 aromatic heterocycles. The molecule has 0 saturated heterocycles. The number of benzene rings is 1. The summed E-state index contributed by atoms with van der Waals surface area (Å²) in [6, 6.07) is 3.09. The minimum Gasteiger partial charge on any atom is -0.466 e. The highest BCUT2D eigenvalue weighted by Gasteiger charge is 2.17. The summed E-state index contributed by atoms with van der Waals surface area (Å²) in [5, 5.41) is 3.21. The smallest absolute Gasteiger partial charge is 0.307 e. The molecule has 3 nitrogen and oxygen atoms in total. The topological polar surface area (TPSA) is 38.3 Å². The maximum absolute atomic E-state index is 13.7. The van der Waals surface area contributed by atoms with Gasteiger partial charge in [-0.15, -0.1) is 0 Å². The van der Waals surface area contributed by atoms with Crippen molar-refractivity contribution in [2.45, 2.75) is 39.7 Å². The first kappa shape index (κ1) is 17.6. The molecule has 1 aromatic carbocycles. The van der Waals surface area contributed by atoms with Crippen LogP contribution in [0, 0.1) is 17.6 Å². The highest BCUT2D eigenvalue weighted by molar-refractivity contribution is 5.70. The Bertz CT molecular complexity index is 464. The van der Waals surface area contributed by atoms with Crippen molar-refractivity contribution in [3.8, 4) is 0 Å². The molecule has 1 rings (SSSR count). The van der Waals surface area contributed by atoms with Crippen molar-refractivity contribution in [2.24, 2.45) is 5.92 Å². The maximum atomic E-state index is 13.7. The Hall–Kier alpha value is -1.49. The third-order valence-corrected chi connectivity index (χ3v) is 3.01. The summed E-state index contributed by atoms with van der Waals surface area (Å²) in [5.74, 6) is -0.885. The van der Waals surface area contributed by atoms with Gasteiger partial charge in [-0.2, -0.15) is 0 Å². The number of nitrogens with one attached hydrogen (secondary N) is 1. The van der Waals surface area contributed by atoms with Crippen molar-refractivity contribution in [1.29, 1.82) is 0 Å². The summed E-state index contributed by atoms with van der Waals surface area (Å²) in [4.78, 5) is 11.6. The van der Waals surface area contributed by atoms with Crippen molar-refractivity contribution in [2.75, 3.05) is 13.2 Å². The average Bonchev–Trinajstić information content (AvgIpc) is 2.40. The van der Waals surface area contributed by atoms with Gasteiger partial charge in [0, 0.05) is 6.04 Å². The predicted octanol–water partition coefficient (Wildman–Crippen LogP) is 3.07. The van der Waals surface area contributed by atoms with Gasteiger partial charge in [-0.05, 0) is 49.6 Å². The SMILES string of the molecule is CCOC(=O)CC(Cc1cc(F)ccc1F)NCC(C)C. The third kappa shape index (κ3) is 6.67. The van der Waals surface area contributed by atoms with Crippen molar-refractivity contribution in [3.63, 3.8) is 0 Å². The molecular weight excluding hydrogens is 276 g/mol. The number of hydrogen-bond donors (Lipinski definition) is 1. The average molecular weight is 299 g/mol. The molecule has 21 heavy (non-hydrogen) atoms. The molecule has 1 unspecified atom stereocenters. The minimum atomic E-state index is -0.481. The zero-order valence-corrected chi connectivity index (χ0v) is 12.8. The number of hydrogen-bond acceptors (Lipinski definition) is 3. The lowest BCUT2D eigenvalue weighted by Crippen LogP contribution is -2.36. The highest BCUT2D eigenvalue weighted by atomic mass is 19.1. The summed E-state index contributed by atoms with van der Waals surface area (Å²) in [6.07, 6.45) is 0.381. The fraction of sp³-hybridized carbons (Fsp3) is 0.562. The molecule has 1 atom stereocenters. The molecule has 5 heteroatoms. The van der Waals surface area contributed by atoms with Crippen LogP contribution in [0.4, 0.5) is 8.78 Å². The molecule has 0 radical (unpaired) electrons.